The molecule has 0 saturated carbocycles. The van der Waals surface area contributed by atoms with E-state index in [0.717, 1.165) is 0 Å². The first-order chi connectivity index (χ1) is 8.99. The molecular formula is C14H17BrFNO3. The van der Waals surface area contributed by atoms with E-state index >= 15 is 0 Å². The molecule has 0 fully saturated rings. The van der Waals surface area contributed by atoms with Gasteiger partial charge in [-0.15, -0.1) is 0 Å². The zero-order valence-electron chi connectivity index (χ0n) is 11.8. The van der Waals surface area contributed by atoms with Crippen molar-refractivity contribution in [3.63, 3.8) is 0 Å². The number of carboxylic acid groups (broad SMARTS) is 1. The number of hydrogen-bond acceptors (Lipinski definition) is 2. The molecule has 0 atom stereocenters. The van der Waals surface area contributed by atoms with Crippen molar-refractivity contribution < 1.29 is 19.1 Å². The van der Waals surface area contributed by atoms with Crippen molar-refractivity contribution in [1.29, 1.82) is 0 Å². The molecule has 1 aromatic carbocycles. The lowest BCUT2D eigenvalue weighted by Gasteiger charge is -2.38. The molecule has 1 aromatic rings. The summed E-state index contributed by atoms with van der Waals surface area (Å²) in [6.45, 7) is 6.34. The first kappa shape index (κ1) is 16.6. The van der Waals surface area contributed by atoms with Gasteiger partial charge in [-0.2, -0.15) is 0 Å². The fourth-order valence-electron chi connectivity index (χ4n) is 1.45. The number of hydrogen-bond donors (Lipinski definition) is 2. The van der Waals surface area contributed by atoms with Crippen LogP contribution in [-0.2, 0) is 4.79 Å². The monoisotopic (exact) mass is 345 g/mol. The van der Waals surface area contributed by atoms with Crippen LogP contribution < -0.4 is 5.32 Å². The maximum Gasteiger partial charge on any atom is 0.311 e. The van der Waals surface area contributed by atoms with E-state index in [9.17, 15) is 19.1 Å². The molecule has 0 bridgehead atoms. The normalized spacial score (nSPS) is 12.1. The highest BCUT2D eigenvalue weighted by molar-refractivity contribution is 9.10. The summed E-state index contributed by atoms with van der Waals surface area (Å²) in [4.78, 5) is 23.5. The highest BCUT2D eigenvalue weighted by Gasteiger charge is 2.44. The van der Waals surface area contributed by atoms with Gasteiger partial charge >= 0.3 is 5.97 Å². The van der Waals surface area contributed by atoms with E-state index in [-0.39, 0.29) is 5.56 Å². The number of amides is 1. The molecule has 0 radical (unpaired) electrons. The van der Waals surface area contributed by atoms with Crippen molar-refractivity contribution in [3.05, 3.63) is 34.1 Å². The first-order valence-corrected chi connectivity index (χ1v) is 6.79. The average molecular weight is 346 g/mol. The fourth-order valence-corrected chi connectivity index (χ4v) is 1.98. The number of carbonyl (C=O) groups is 2. The van der Waals surface area contributed by atoms with Gasteiger partial charge < -0.3 is 10.4 Å². The predicted molar refractivity (Wildman–Crippen MR) is 77.1 cm³/mol. The van der Waals surface area contributed by atoms with Gasteiger partial charge in [-0.05, 0) is 61.8 Å². The minimum atomic E-state index is -1.16. The van der Waals surface area contributed by atoms with Crippen LogP contribution in [-0.4, -0.2) is 22.5 Å². The average Bonchev–Trinajstić information content (AvgIpc) is 2.27. The summed E-state index contributed by atoms with van der Waals surface area (Å²) in [5.74, 6) is -1.93. The number of aliphatic carboxylic acids is 1. The zero-order chi connectivity index (χ0) is 15.7. The van der Waals surface area contributed by atoms with Crippen LogP contribution in [0.4, 0.5) is 4.39 Å². The van der Waals surface area contributed by atoms with Crippen LogP contribution in [0.25, 0.3) is 0 Å². The van der Waals surface area contributed by atoms with Crippen LogP contribution in [0.15, 0.2) is 22.7 Å². The molecule has 20 heavy (non-hydrogen) atoms. The summed E-state index contributed by atoms with van der Waals surface area (Å²) < 4.78 is 13.3. The van der Waals surface area contributed by atoms with Gasteiger partial charge in [0, 0.05) is 4.47 Å². The Kier molecular flexibility index (Phi) is 4.59. The largest absolute Gasteiger partial charge is 0.481 e. The molecular weight excluding hydrogens is 329 g/mol. The SMILES string of the molecule is CC(C)(NC(=O)c1ccc(F)cc1Br)C(C)(C)C(=O)O. The maximum absolute atomic E-state index is 13.0. The maximum atomic E-state index is 13.0. The number of carbonyl (C=O) groups excluding carboxylic acids is 1. The van der Waals surface area contributed by atoms with Crippen molar-refractivity contribution in [2.45, 2.75) is 33.2 Å². The summed E-state index contributed by atoms with van der Waals surface area (Å²) in [5.41, 5.74) is -1.89. The molecule has 0 saturated heterocycles. The minimum Gasteiger partial charge on any atom is -0.481 e. The number of carboxylic acids is 1. The summed E-state index contributed by atoms with van der Waals surface area (Å²) in [6.07, 6.45) is 0. The Bertz CT molecular complexity index is 555. The molecule has 6 heteroatoms. The number of rotatable bonds is 4. The van der Waals surface area contributed by atoms with E-state index < -0.39 is 28.6 Å². The van der Waals surface area contributed by atoms with Crippen molar-refractivity contribution in [1.82, 2.24) is 5.32 Å². The number of nitrogens with one attached hydrogen (secondary N) is 1. The van der Waals surface area contributed by atoms with E-state index in [2.05, 4.69) is 21.2 Å². The minimum absolute atomic E-state index is 0.251. The van der Waals surface area contributed by atoms with E-state index in [0.29, 0.717) is 4.47 Å². The van der Waals surface area contributed by atoms with E-state index in [1.165, 1.54) is 32.0 Å². The smallest absolute Gasteiger partial charge is 0.311 e. The summed E-state index contributed by atoms with van der Waals surface area (Å²) in [5, 5.41) is 11.9. The van der Waals surface area contributed by atoms with Gasteiger partial charge in [0.05, 0.1) is 16.5 Å². The van der Waals surface area contributed by atoms with E-state index in [1.54, 1.807) is 13.8 Å². The Labute approximate surface area is 125 Å². The van der Waals surface area contributed by atoms with Crippen LogP contribution in [0, 0.1) is 11.2 Å². The van der Waals surface area contributed by atoms with Gasteiger partial charge in [-0.25, -0.2) is 4.39 Å². The van der Waals surface area contributed by atoms with Gasteiger partial charge in [0.1, 0.15) is 5.82 Å². The van der Waals surface area contributed by atoms with Crippen molar-refractivity contribution >= 4 is 27.8 Å². The van der Waals surface area contributed by atoms with Crippen LogP contribution in [0.3, 0.4) is 0 Å². The lowest BCUT2D eigenvalue weighted by Crippen LogP contribution is -2.57. The Morgan fingerprint density at radius 2 is 1.80 bits per heavy atom. The third-order valence-electron chi connectivity index (χ3n) is 3.70. The van der Waals surface area contributed by atoms with Crippen LogP contribution in [0.5, 0.6) is 0 Å². The molecule has 4 nitrogen and oxygen atoms in total. The second-order valence-corrected chi connectivity index (χ2v) is 6.49. The molecule has 0 heterocycles. The van der Waals surface area contributed by atoms with Crippen LogP contribution in [0.1, 0.15) is 38.1 Å². The van der Waals surface area contributed by atoms with E-state index in [4.69, 9.17) is 0 Å². The van der Waals surface area contributed by atoms with Gasteiger partial charge in [0.25, 0.3) is 5.91 Å². The summed E-state index contributed by atoms with van der Waals surface area (Å²) in [7, 11) is 0. The second-order valence-electron chi connectivity index (χ2n) is 5.63. The standard InChI is InChI=1S/C14H17BrFNO3/c1-13(2,12(19)20)14(3,4)17-11(18)9-6-5-8(16)7-10(9)15/h5-7H,1-4H3,(H,17,18)(H,19,20). The Morgan fingerprint density at radius 1 is 1.25 bits per heavy atom. The molecule has 0 unspecified atom stereocenters. The van der Waals surface area contributed by atoms with Crippen LogP contribution >= 0.6 is 15.9 Å². The predicted octanol–water partition coefficient (Wildman–Crippen LogP) is 3.21. The molecule has 0 aromatic heterocycles. The Morgan fingerprint density at radius 3 is 2.25 bits per heavy atom. The molecule has 110 valence electrons. The van der Waals surface area contributed by atoms with Gasteiger partial charge in [0.15, 0.2) is 0 Å². The quantitative estimate of drug-likeness (QED) is 0.880. The lowest BCUT2D eigenvalue weighted by molar-refractivity contribution is -0.150. The Balaban J connectivity index is 3.03. The van der Waals surface area contributed by atoms with Crippen molar-refractivity contribution in [3.8, 4) is 0 Å². The molecule has 0 aliphatic heterocycles. The molecule has 0 spiro atoms. The topological polar surface area (TPSA) is 66.4 Å². The van der Waals surface area contributed by atoms with Gasteiger partial charge in [0.2, 0.25) is 0 Å². The van der Waals surface area contributed by atoms with E-state index in [1.807, 2.05) is 0 Å². The molecule has 1 amide bonds. The molecule has 1 rings (SSSR count). The lowest BCUT2D eigenvalue weighted by atomic mass is 9.74. The summed E-state index contributed by atoms with van der Waals surface area (Å²) in [6, 6.07) is 3.71. The first-order valence-electron chi connectivity index (χ1n) is 6.00. The van der Waals surface area contributed by atoms with Crippen LogP contribution in [0.2, 0.25) is 0 Å². The third-order valence-corrected chi connectivity index (χ3v) is 4.36. The second kappa shape index (κ2) is 5.52. The highest BCUT2D eigenvalue weighted by atomic mass is 79.9. The van der Waals surface area contributed by atoms with Gasteiger partial charge in [-0.3, -0.25) is 9.59 Å². The fraction of sp³-hybridized carbons (Fsp3) is 0.429. The molecule has 0 aliphatic carbocycles. The van der Waals surface area contributed by atoms with Crippen molar-refractivity contribution in [2.75, 3.05) is 0 Å². The number of halogens is 2. The molecule has 2 N–H and O–H groups in total. The zero-order valence-corrected chi connectivity index (χ0v) is 13.3. The summed E-state index contributed by atoms with van der Waals surface area (Å²) >= 11 is 3.12. The highest BCUT2D eigenvalue weighted by Crippen LogP contribution is 2.31. The Hall–Kier alpha value is -1.43. The van der Waals surface area contributed by atoms with Crippen molar-refractivity contribution in [2.24, 2.45) is 5.41 Å². The third kappa shape index (κ3) is 3.17. The number of benzene rings is 1. The molecule has 0 aliphatic rings. The van der Waals surface area contributed by atoms with Gasteiger partial charge in [-0.1, -0.05) is 0 Å².